The van der Waals surface area contributed by atoms with Crippen molar-refractivity contribution < 1.29 is 14.3 Å². The number of halogens is 1. The van der Waals surface area contributed by atoms with Gasteiger partial charge in [0, 0.05) is 22.0 Å². The Bertz CT molecular complexity index is 882. The van der Waals surface area contributed by atoms with Gasteiger partial charge < -0.3 is 10.1 Å². The molecular weight excluding hydrogens is 269 g/mol. The largest absolute Gasteiger partial charge is 0.481 e. The molecule has 1 atom stereocenters. The summed E-state index contributed by atoms with van der Waals surface area (Å²) in [7, 11) is 0. The van der Waals surface area contributed by atoms with Gasteiger partial charge in [-0.15, -0.1) is 0 Å². The van der Waals surface area contributed by atoms with Crippen LogP contribution in [0, 0.1) is 5.82 Å². The number of aromatic nitrogens is 1. The number of aliphatic carboxylic acids is 1. The van der Waals surface area contributed by atoms with E-state index in [0.717, 1.165) is 22.3 Å². The van der Waals surface area contributed by atoms with Gasteiger partial charge in [0.25, 0.3) is 0 Å². The maximum absolute atomic E-state index is 13.5. The molecule has 0 aliphatic heterocycles. The summed E-state index contributed by atoms with van der Waals surface area (Å²) in [6.45, 7) is 0. The summed E-state index contributed by atoms with van der Waals surface area (Å²) in [6, 6.07) is 12.2. The molecule has 1 heterocycles. The molecule has 2 aromatic carbocycles. The van der Waals surface area contributed by atoms with Crippen LogP contribution >= 0.6 is 0 Å². The minimum atomic E-state index is -0.879. The average molecular weight is 281 g/mol. The van der Waals surface area contributed by atoms with Gasteiger partial charge in [-0.3, -0.25) is 4.79 Å². The monoisotopic (exact) mass is 281 g/mol. The lowest BCUT2D eigenvalue weighted by Gasteiger charge is -2.22. The third-order valence-electron chi connectivity index (χ3n) is 4.16. The molecular formula is C17H12FNO2. The maximum Gasteiger partial charge on any atom is 0.311 e. The summed E-state index contributed by atoms with van der Waals surface area (Å²) in [6.07, 6.45) is 0.433. The van der Waals surface area contributed by atoms with Gasteiger partial charge >= 0.3 is 5.97 Å². The smallest absolute Gasteiger partial charge is 0.311 e. The molecule has 0 spiro atoms. The van der Waals surface area contributed by atoms with E-state index in [1.54, 1.807) is 6.07 Å². The fourth-order valence-corrected chi connectivity index (χ4v) is 3.23. The highest BCUT2D eigenvalue weighted by Crippen LogP contribution is 2.43. The van der Waals surface area contributed by atoms with E-state index in [9.17, 15) is 14.3 Å². The number of hydrogen-bond acceptors (Lipinski definition) is 1. The Morgan fingerprint density at radius 3 is 2.86 bits per heavy atom. The van der Waals surface area contributed by atoms with Crippen molar-refractivity contribution in [1.29, 1.82) is 0 Å². The van der Waals surface area contributed by atoms with Crippen molar-refractivity contribution in [2.75, 3.05) is 0 Å². The van der Waals surface area contributed by atoms with Gasteiger partial charge in [0.05, 0.1) is 11.6 Å². The zero-order valence-electron chi connectivity index (χ0n) is 11.1. The zero-order valence-corrected chi connectivity index (χ0v) is 11.1. The number of aromatic amines is 1. The molecule has 21 heavy (non-hydrogen) atoms. The molecule has 0 saturated carbocycles. The predicted octanol–water partition coefficient (Wildman–Crippen LogP) is 3.70. The number of H-pyrrole nitrogens is 1. The SMILES string of the molecule is O=C(O)C1Cc2ccccc2-c2[nH]c3ccc(F)cc3c21. The van der Waals surface area contributed by atoms with Crippen molar-refractivity contribution in [2.24, 2.45) is 0 Å². The molecule has 1 aromatic heterocycles. The molecule has 0 bridgehead atoms. The molecule has 0 saturated heterocycles. The van der Waals surface area contributed by atoms with Crippen LogP contribution in [-0.2, 0) is 11.2 Å². The predicted molar refractivity (Wildman–Crippen MR) is 77.8 cm³/mol. The van der Waals surface area contributed by atoms with Gasteiger partial charge in [-0.2, -0.15) is 0 Å². The zero-order chi connectivity index (χ0) is 14.6. The molecule has 4 rings (SSSR count). The van der Waals surface area contributed by atoms with E-state index >= 15 is 0 Å². The van der Waals surface area contributed by atoms with Gasteiger partial charge in [0.1, 0.15) is 5.82 Å². The Morgan fingerprint density at radius 1 is 1.24 bits per heavy atom. The van der Waals surface area contributed by atoms with Crippen molar-refractivity contribution >= 4 is 16.9 Å². The standard InChI is InChI=1S/C17H12FNO2/c18-10-5-6-14-12(8-10)15-13(17(20)21)7-9-3-1-2-4-11(9)16(15)19-14/h1-6,8,13,19H,7H2,(H,20,21). The maximum atomic E-state index is 13.5. The van der Waals surface area contributed by atoms with Crippen LogP contribution in [-0.4, -0.2) is 16.1 Å². The van der Waals surface area contributed by atoms with Gasteiger partial charge in [0.2, 0.25) is 0 Å². The van der Waals surface area contributed by atoms with Crippen LogP contribution in [0.3, 0.4) is 0 Å². The van der Waals surface area contributed by atoms with Crippen molar-refractivity contribution in [2.45, 2.75) is 12.3 Å². The van der Waals surface area contributed by atoms with Crippen molar-refractivity contribution in [3.8, 4) is 11.3 Å². The van der Waals surface area contributed by atoms with Crippen molar-refractivity contribution in [3.05, 3.63) is 59.4 Å². The second kappa shape index (κ2) is 4.19. The van der Waals surface area contributed by atoms with Crippen molar-refractivity contribution in [1.82, 2.24) is 4.98 Å². The van der Waals surface area contributed by atoms with E-state index in [2.05, 4.69) is 4.98 Å². The first kappa shape index (κ1) is 12.1. The first-order chi connectivity index (χ1) is 10.1. The second-order valence-corrected chi connectivity index (χ2v) is 5.36. The van der Waals surface area contributed by atoms with E-state index in [-0.39, 0.29) is 5.82 Å². The van der Waals surface area contributed by atoms with Gasteiger partial charge in [-0.25, -0.2) is 4.39 Å². The van der Waals surface area contributed by atoms with E-state index in [1.165, 1.54) is 12.1 Å². The number of carbonyl (C=O) groups is 1. The third kappa shape index (κ3) is 1.69. The summed E-state index contributed by atoms with van der Waals surface area (Å²) in [5, 5.41) is 10.2. The normalized spacial score (nSPS) is 16.5. The molecule has 104 valence electrons. The first-order valence-corrected chi connectivity index (χ1v) is 6.77. The lowest BCUT2D eigenvalue weighted by Crippen LogP contribution is -2.18. The third-order valence-corrected chi connectivity index (χ3v) is 4.16. The minimum Gasteiger partial charge on any atom is -0.481 e. The first-order valence-electron chi connectivity index (χ1n) is 6.77. The van der Waals surface area contributed by atoms with E-state index in [0.29, 0.717) is 17.4 Å². The number of rotatable bonds is 1. The van der Waals surface area contributed by atoms with E-state index < -0.39 is 11.9 Å². The Morgan fingerprint density at radius 2 is 2.05 bits per heavy atom. The summed E-state index contributed by atoms with van der Waals surface area (Å²) in [5.41, 5.74) is 4.26. The van der Waals surface area contributed by atoms with E-state index in [1.807, 2.05) is 24.3 Å². The number of fused-ring (bicyclic) bond motifs is 5. The summed E-state index contributed by atoms with van der Waals surface area (Å²) in [4.78, 5) is 14.9. The quantitative estimate of drug-likeness (QED) is 0.714. The molecule has 0 amide bonds. The molecule has 3 aromatic rings. The fourth-order valence-electron chi connectivity index (χ4n) is 3.23. The van der Waals surface area contributed by atoms with Crippen molar-refractivity contribution in [3.63, 3.8) is 0 Å². The van der Waals surface area contributed by atoms with Crippen LogP contribution in [0.25, 0.3) is 22.2 Å². The summed E-state index contributed by atoms with van der Waals surface area (Å²) >= 11 is 0. The number of carboxylic acids is 1. The van der Waals surface area contributed by atoms with E-state index in [4.69, 9.17) is 0 Å². The van der Waals surface area contributed by atoms with Crippen LogP contribution in [0.15, 0.2) is 42.5 Å². The lowest BCUT2D eigenvalue weighted by atomic mass is 9.81. The van der Waals surface area contributed by atoms with Gasteiger partial charge in [0.15, 0.2) is 0 Å². The fraction of sp³-hybridized carbons (Fsp3) is 0.118. The van der Waals surface area contributed by atoms with Crippen LogP contribution in [0.1, 0.15) is 17.0 Å². The second-order valence-electron chi connectivity index (χ2n) is 5.36. The van der Waals surface area contributed by atoms with Crippen LogP contribution in [0.5, 0.6) is 0 Å². The summed E-state index contributed by atoms with van der Waals surface area (Å²) < 4.78 is 13.5. The highest BCUT2D eigenvalue weighted by Gasteiger charge is 2.32. The van der Waals surface area contributed by atoms with Gasteiger partial charge in [-0.1, -0.05) is 24.3 Å². The number of nitrogens with one attached hydrogen (secondary N) is 1. The Balaban J connectivity index is 2.11. The molecule has 1 unspecified atom stereocenters. The molecule has 0 radical (unpaired) electrons. The summed E-state index contributed by atoms with van der Waals surface area (Å²) in [5.74, 6) is -1.88. The average Bonchev–Trinajstić information content (AvgIpc) is 2.85. The molecule has 4 heteroatoms. The number of carboxylic acid groups (broad SMARTS) is 1. The highest BCUT2D eigenvalue weighted by molar-refractivity contribution is 5.98. The molecule has 1 aliphatic carbocycles. The van der Waals surface area contributed by atoms with Crippen LogP contribution < -0.4 is 0 Å². The molecule has 1 aliphatic rings. The highest BCUT2D eigenvalue weighted by atomic mass is 19.1. The van der Waals surface area contributed by atoms with Crippen LogP contribution in [0.4, 0.5) is 4.39 Å². The van der Waals surface area contributed by atoms with Gasteiger partial charge in [-0.05, 0) is 30.2 Å². The number of hydrogen-bond donors (Lipinski definition) is 2. The molecule has 0 fully saturated rings. The van der Waals surface area contributed by atoms with Crippen LogP contribution in [0.2, 0.25) is 0 Å². The Kier molecular flexibility index (Phi) is 2.42. The molecule has 3 nitrogen and oxygen atoms in total. The Labute approximate surface area is 120 Å². The Hall–Kier alpha value is -2.62. The minimum absolute atomic E-state index is 0.354. The topological polar surface area (TPSA) is 53.1 Å². The lowest BCUT2D eigenvalue weighted by molar-refractivity contribution is -0.138. The number of benzene rings is 2. The molecule has 2 N–H and O–H groups in total.